The summed E-state index contributed by atoms with van der Waals surface area (Å²) >= 11 is 0. The number of likely N-dealkylation sites (tertiary alicyclic amines) is 1. The van der Waals surface area contributed by atoms with Crippen LogP contribution in [0.5, 0.6) is 0 Å². The number of aliphatic hydroxyl groups is 1. The minimum Gasteiger partial charge on any atom is -0.465 e. The summed E-state index contributed by atoms with van der Waals surface area (Å²) in [6, 6.07) is 0.178. The number of hydrogen-bond acceptors (Lipinski definition) is 3. The molecule has 1 rings (SSSR count). The summed E-state index contributed by atoms with van der Waals surface area (Å²) < 4.78 is 0. The quantitative estimate of drug-likeness (QED) is 0.669. The second-order valence-corrected chi connectivity index (χ2v) is 5.02. The van der Waals surface area contributed by atoms with Crippen LogP contribution in [-0.4, -0.2) is 45.9 Å². The molecule has 0 aromatic heterocycles. The molecule has 1 heterocycles. The first kappa shape index (κ1) is 15.2. The third kappa shape index (κ3) is 7.48. The molecule has 16 heavy (non-hydrogen) atoms. The van der Waals surface area contributed by atoms with E-state index in [0.717, 1.165) is 19.3 Å². The highest BCUT2D eigenvalue weighted by Crippen LogP contribution is 2.19. The molecule has 0 spiro atoms. The molecule has 0 bridgehead atoms. The van der Waals surface area contributed by atoms with Crippen LogP contribution in [0.1, 0.15) is 40.0 Å². The topological polar surface area (TPSA) is 86.8 Å². The van der Waals surface area contributed by atoms with Gasteiger partial charge in [-0.3, -0.25) is 0 Å². The van der Waals surface area contributed by atoms with Crippen molar-refractivity contribution < 1.29 is 15.0 Å². The van der Waals surface area contributed by atoms with Gasteiger partial charge in [0.1, 0.15) is 0 Å². The molecule has 0 saturated carbocycles. The summed E-state index contributed by atoms with van der Waals surface area (Å²) in [7, 11) is 0. The standard InChI is InChI=1S/C7H14N2O2.C4H10O/c8-4-3-6-2-1-5-9(6)7(10)11;1-4(2,3)5/h6H,1-5,8H2,(H,10,11);5H,1-3H3. The average Bonchev–Trinajstić information content (AvgIpc) is 2.49. The lowest BCUT2D eigenvalue weighted by atomic mass is 10.1. The lowest BCUT2D eigenvalue weighted by Gasteiger charge is -2.20. The molecule has 0 aromatic carbocycles. The highest BCUT2D eigenvalue weighted by molar-refractivity contribution is 5.65. The van der Waals surface area contributed by atoms with Gasteiger partial charge in [0.25, 0.3) is 0 Å². The second kappa shape index (κ2) is 6.70. The van der Waals surface area contributed by atoms with Gasteiger partial charge in [0, 0.05) is 12.6 Å². The largest absolute Gasteiger partial charge is 0.465 e. The van der Waals surface area contributed by atoms with E-state index >= 15 is 0 Å². The van der Waals surface area contributed by atoms with Crippen molar-refractivity contribution in [2.75, 3.05) is 13.1 Å². The fourth-order valence-corrected chi connectivity index (χ4v) is 1.58. The summed E-state index contributed by atoms with van der Waals surface area (Å²) in [4.78, 5) is 12.1. The molecule has 5 heteroatoms. The molecule has 1 unspecified atom stereocenters. The van der Waals surface area contributed by atoms with Crippen LogP contribution >= 0.6 is 0 Å². The molecule has 0 aliphatic carbocycles. The Labute approximate surface area is 97.2 Å². The lowest BCUT2D eigenvalue weighted by Crippen LogP contribution is -2.35. The van der Waals surface area contributed by atoms with Crippen molar-refractivity contribution in [3.05, 3.63) is 0 Å². The van der Waals surface area contributed by atoms with Gasteiger partial charge in [0.15, 0.2) is 0 Å². The van der Waals surface area contributed by atoms with Crippen molar-refractivity contribution in [2.24, 2.45) is 5.73 Å². The highest BCUT2D eigenvalue weighted by atomic mass is 16.4. The van der Waals surface area contributed by atoms with Gasteiger partial charge in [-0.15, -0.1) is 0 Å². The van der Waals surface area contributed by atoms with Gasteiger partial charge in [-0.25, -0.2) is 4.79 Å². The Morgan fingerprint density at radius 2 is 2.00 bits per heavy atom. The maximum atomic E-state index is 10.6. The zero-order chi connectivity index (χ0) is 12.8. The molecule has 1 amide bonds. The van der Waals surface area contributed by atoms with E-state index in [4.69, 9.17) is 15.9 Å². The number of nitrogens with zero attached hydrogens (tertiary/aromatic N) is 1. The van der Waals surface area contributed by atoms with Gasteiger partial charge in [-0.1, -0.05) is 0 Å². The summed E-state index contributed by atoms with van der Waals surface area (Å²) in [5.41, 5.74) is 4.85. The summed E-state index contributed by atoms with van der Waals surface area (Å²) in [6.07, 6.45) is 1.95. The Bertz CT molecular complexity index is 208. The Kier molecular flexibility index (Phi) is 6.36. The van der Waals surface area contributed by atoms with E-state index in [0.29, 0.717) is 13.1 Å². The third-order valence-corrected chi connectivity index (χ3v) is 2.12. The molecule has 1 saturated heterocycles. The van der Waals surface area contributed by atoms with Gasteiger partial charge < -0.3 is 20.8 Å². The average molecular weight is 232 g/mol. The van der Waals surface area contributed by atoms with Gasteiger partial charge in [-0.05, 0) is 46.6 Å². The summed E-state index contributed by atoms with van der Waals surface area (Å²) in [5, 5.41) is 17.2. The van der Waals surface area contributed by atoms with Crippen LogP contribution in [0.25, 0.3) is 0 Å². The number of amides is 1. The van der Waals surface area contributed by atoms with Crippen LogP contribution in [0.2, 0.25) is 0 Å². The van der Waals surface area contributed by atoms with Crippen molar-refractivity contribution in [1.29, 1.82) is 0 Å². The molecular formula is C11H24N2O3. The molecule has 1 fully saturated rings. The minimum atomic E-state index is -0.805. The van der Waals surface area contributed by atoms with Crippen LogP contribution in [0.15, 0.2) is 0 Å². The Hall–Kier alpha value is -0.810. The summed E-state index contributed by atoms with van der Waals surface area (Å²) in [5.74, 6) is 0. The SMILES string of the molecule is CC(C)(C)O.NCCC1CCCN1C(=O)O. The van der Waals surface area contributed by atoms with Crippen LogP contribution in [0, 0.1) is 0 Å². The van der Waals surface area contributed by atoms with Crippen LogP contribution < -0.4 is 5.73 Å². The Balaban J connectivity index is 0.000000385. The van der Waals surface area contributed by atoms with E-state index in [1.165, 1.54) is 4.90 Å². The zero-order valence-electron chi connectivity index (χ0n) is 10.4. The van der Waals surface area contributed by atoms with Crippen molar-refractivity contribution in [2.45, 2.75) is 51.7 Å². The van der Waals surface area contributed by atoms with Crippen LogP contribution in [0.3, 0.4) is 0 Å². The van der Waals surface area contributed by atoms with E-state index in [1.807, 2.05) is 0 Å². The van der Waals surface area contributed by atoms with Gasteiger partial charge >= 0.3 is 6.09 Å². The molecule has 1 atom stereocenters. The monoisotopic (exact) mass is 232 g/mol. The van der Waals surface area contributed by atoms with Crippen molar-refractivity contribution in [3.63, 3.8) is 0 Å². The van der Waals surface area contributed by atoms with E-state index in [1.54, 1.807) is 20.8 Å². The predicted molar refractivity (Wildman–Crippen MR) is 63.4 cm³/mol. The number of carbonyl (C=O) groups is 1. The molecule has 96 valence electrons. The van der Waals surface area contributed by atoms with Gasteiger partial charge in [0.05, 0.1) is 5.60 Å². The molecule has 0 radical (unpaired) electrons. The molecular weight excluding hydrogens is 208 g/mol. The molecule has 4 N–H and O–H groups in total. The number of rotatable bonds is 2. The fraction of sp³-hybridized carbons (Fsp3) is 0.909. The highest BCUT2D eigenvalue weighted by Gasteiger charge is 2.27. The number of hydrogen-bond donors (Lipinski definition) is 3. The third-order valence-electron chi connectivity index (χ3n) is 2.12. The van der Waals surface area contributed by atoms with Crippen molar-refractivity contribution in [3.8, 4) is 0 Å². The number of nitrogens with two attached hydrogens (primary N) is 1. The molecule has 5 nitrogen and oxygen atoms in total. The Morgan fingerprint density at radius 3 is 2.38 bits per heavy atom. The summed E-state index contributed by atoms with van der Waals surface area (Å²) in [6.45, 7) is 6.49. The first-order valence-corrected chi connectivity index (χ1v) is 5.67. The van der Waals surface area contributed by atoms with Crippen molar-refractivity contribution in [1.82, 2.24) is 4.90 Å². The molecule has 0 aromatic rings. The van der Waals surface area contributed by atoms with E-state index < -0.39 is 11.7 Å². The van der Waals surface area contributed by atoms with Gasteiger partial charge in [0.2, 0.25) is 0 Å². The Morgan fingerprint density at radius 1 is 1.50 bits per heavy atom. The van der Waals surface area contributed by atoms with E-state index in [9.17, 15) is 4.79 Å². The number of carboxylic acid groups (broad SMARTS) is 1. The second-order valence-electron chi connectivity index (χ2n) is 5.02. The maximum Gasteiger partial charge on any atom is 0.407 e. The first-order valence-electron chi connectivity index (χ1n) is 5.67. The lowest BCUT2D eigenvalue weighted by molar-refractivity contribution is 0.102. The van der Waals surface area contributed by atoms with Crippen molar-refractivity contribution >= 4 is 6.09 Å². The van der Waals surface area contributed by atoms with Crippen LogP contribution in [-0.2, 0) is 0 Å². The zero-order valence-corrected chi connectivity index (χ0v) is 10.4. The predicted octanol–water partition coefficient (Wildman–Crippen LogP) is 1.25. The van der Waals surface area contributed by atoms with E-state index in [-0.39, 0.29) is 6.04 Å². The smallest absolute Gasteiger partial charge is 0.407 e. The maximum absolute atomic E-state index is 10.6. The van der Waals surface area contributed by atoms with Gasteiger partial charge in [-0.2, -0.15) is 0 Å². The normalized spacial score (nSPS) is 20.3. The molecule has 1 aliphatic rings. The first-order chi connectivity index (χ1) is 7.25. The molecule has 1 aliphatic heterocycles. The fourth-order valence-electron chi connectivity index (χ4n) is 1.58. The van der Waals surface area contributed by atoms with E-state index in [2.05, 4.69) is 0 Å². The minimum absolute atomic E-state index is 0.178. The van der Waals surface area contributed by atoms with Crippen LogP contribution in [0.4, 0.5) is 4.79 Å².